The number of Topliss-reactive ketones (excluding diaryl/α,β-unsaturated/α-hetero) is 2. The second kappa shape index (κ2) is 6.95. The van der Waals surface area contributed by atoms with Crippen LogP contribution < -0.4 is 0 Å². The fourth-order valence-electron chi connectivity index (χ4n) is 4.15. The Morgan fingerprint density at radius 1 is 1.15 bits per heavy atom. The van der Waals surface area contributed by atoms with Gasteiger partial charge < -0.3 is 5.11 Å². The number of aliphatic hydroxyl groups is 1. The normalized spacial score (nSPS) is 22.0. The van der Waals surface area contributed by atoms with Gasteiger partial charge in [-0.25, -0.2) is 0 Å². The second-order valence-electron chi connectivity index (χ2n) is 7.05. The Labute approximate surface area is 166 Å². The van der Waals surface area contributed by atoms with E-state index in [1.165, 1.54) is 10.5 Å². The number of benzene rings is 1. The van der Waals surface area contributed by atoms with E-state index in [4.69, 9.17) is 0 Å². The Balaban J connectivity index is 1.88. The van der Waals surface area contributed by atoms with E-state index in [0.29, 0.717) is 24.8 Å². The van der Waals surface area contributed by atoms with E-state index < -0.39 is 0 Å². The number of hydrogen-bond donors (Lipinski definition) is 1. The lowest BCUT2D eigenvalue weighted by molar-refractivity contribution is -0.116. The molecule has 1 fully saturated rings. The monoisotopic (exact) mass is 406 g/mol. The van der Waals surface area contributed by atoms with Crippen LogP contribution in [0.2, 0.25) is 0 Å². The third kappa shape index (κ3) is 2.85. The maximum absolute atomic E-state index is 13.2. The number of ketones is 2. The Kier molecular flexibility index (Phi) is 4.95. The van der Waals surface area contributed by atoms with Crippen LogP contribution in [0.25, 0.3) is 0 Å². The molecule has 1 aromatic rings. The van der Waals surface area contributed by atoms with Crippen molar-refractivity contribution in [1.82, 2.24) is 0 Å². The van der Waals surface area contributed by atoms with Crippen molar-refractivity contribution in [1.29, 1.82) is 0 Å². The molecule has 0 unspecified atom stereocenters. The predicted octanol–water partition coefficient (Wildman–Crippen LogP) is 5.18. The standard InChI is InChI=1S/C20H22O3S3/c1-11-10-13(18(23)16-14(21)4-3-5-15(16)22)12(2)17-19(11)24-7-6-20(17)25-8-9-26-20/h10,21H,3-9H2,1-2H3. The molecule has 26 heavy (non-hydrogen) atoms. The van der Waals surface area contributed by atoms with Gasteiger partial charge >= 0.3 is 0 Å². The first-order valence-electron chi connectivity index (χ1n) is 9.00. The van der Waals surface area contributed by atoms with E-state index in [0.717, 1.165) is 34.8 Å². The highest BCUT2D eigenvalue weighted by Crippen LogP contribution is 2.60. The van der Waals surface area contributed by atoms with E-state index in [1.54, 1.807) is 0 Å². The van der Waals surface area contributed by atoms with Crippen molar-refractivity contribution in [3.05, 3.63) is 39.7 Å². The molecule has 1 aliphatic carbocycles. The minimum absolute atomic E-state index is 0.0166. The molecule has 4 rings (SSSR count). The van der Waals surface area contributed by atoms with Crippen LogP contribution in [-0.4, -0.2) is 33.9 Å². The van der Waals surface area contributed by atoms with E-state index in [-0.39, 0.29) is 27.0 Å². The number of carbonyl (C=O) groups is 2. The Morgan fingerprint density at radius 2 is 1.88 bits per heavy atom. The first-order chi connectivity index (χ1) is 12.4. The van der Waals surface area contributed by atoms with Gasteiger partial charge in [-0.3, -0.25) is 9.59 Å². The fourth-order valence-corrected chi connectivity index (χ4v) is 9.36. The first-order valence-corrected chi connectivity index (χ1v) is 12.0. The molecular formula is C20H22O3S3. The number of fused-ring (bicyclic) bond motifs is 2. The van der Waals surface area contributed by atoms with Crippen molar-refractivity contribution in [2.45, 2.75) is 48.5 Å². The minimum atomic E-state index is -0.297. The molecule has 6 heteroatoms. The SMILES string of the molecule is Cc1cc(C(=O)C2=C(O)CCCC2=O)c(C)c2c1SCCC21SCCS1. The van der Waals surface area contributed by atoms with Crippen molar-refractivity contribution in [3.8, 4) is 0 Å². The van der Waals surface area contributed by atoms with Gasteiger partial charge in [-0.15, -0.1) is 35.3 Å². The van der Waals surface area contributed by atoms with Gasteiger partial charge in [0.05, 0.1) is 4.08 Å². The Morgan fingerprint density at radius 3 is 2.58 bits per heavy atom. The van der Waals surface area contributed by atoms with E-state index in [1.807, 2.05) is 48.3 Å². The molecule has 3 nitrogen and oxygen atoms in total. The number of allylic oxidation sites excluding steroid dienone is 2. The van der Waals surface area contributed by atoms with Crippen LogP contribution in [0.3, 0.4) is 0 Å². The zero-order valence-electron chi connectivity index (χ0n) is 15.0. The molecule has 0 atom stereocenters. The summed E-state index contributed by atoms with van der Waals surface area (Å²) in [6.07, 6.45) is 2.49. The molecule has 0 saturated carbocycles. The topological polar surface area (TPSA) is 54.4 Å². The van der Waals surface area contributed by atoms with Crippen LogP contribution in [0, 0.1) is 13.8 Å². The van der Waals surface area contributed by atoms with Gasteiger partial charge in [0.2, 0.25) is 0 Å². The van der Waals surface area contributed by atoms with Crippen molar-refractivity contribution in [3.63, 3.8) is 0 Å². The lowest BCUT2D eigenvalue weighted by Crippen LogP contribution is -2.26. The molecule has 0 bridgehead atoms. The number of carbonyl (C=O) groups excluding carboxylic acids is 2. The number of hydrogen-bond acceptors (Lipinski definition) is 6. The molecule has 2 heterocycles. The molecule has 1 spiro atoms. The van der Waals surface area contributed by atoms with Gasteiger partial charge in [0.1, 0.15) is 11.3 Å². The molecule has 1 aromatic carbocycles. The summed E-state index contributed by atoms with van der Waals surface area (Å²) in [6.45, 7) is 4.08. The van der Waals surface area contributed by atoms with Crippen molar-refractivity contribution in [2.75, 3.05) is 17.3 Å². The summed E-state index contributed by atoms with van der Waals surface area (Å²) < 4.78 is 0.0404. The fraction of sp³-hybridized carbons (Fsp3) is 0.500. The molecule has 3 aliphatic rings. The largest absolute Gasteiger partial charge is 0.511 e. The molecular weight excluding hydrogens is 384 g/mol. The summed E-state index contributed by atoms with van der Waals surface area (Å²) in [5.41, 5.74) is 3.99. The molecule has 0 radical (unpaired) electrons. The molecule has 0 aromatic heterocycles. The Bertz CT molecular complexity index is 835. The number of aryl methyl sites for hydroxylation is 1. The summed E-state index contributed by atoms with van der Waals surface area (Å²) in [7, 11) is 0. The number of rotatable bonds is 2. The highest BCUT2D eigenvalue weighted by Gasteiger charge is 2.44. The molecule has 1 saturated heterocycles. The summed E-state index contributed by atoms with van der Waals surface area (Å²) in [6, 6.07) is 1.93. The predicted molar refractivity (Wildman–Crippen MR) is 111 cm³/mol. The Hall–Kier alpha value is -0.850. The highest BCUT2D eigenvalue weighted by molar-refractivity contribution is 8.20. The molecule has 2 aliphatic heterocycles. The molecule has 1 N–H and O–H groups in total. The lowest BCUT2D eigenvalue weighted by Gasteiger charge is -2.36. The van der Waals surface area contributed by atoms with Crippen LogP contribution in [0.5, 0.6) is 0 Å². The van der Waals surface area contributed by atoms with Crippen LogP contribution in [0.4, 0.5) is 0 Å². The van der Waals surface area contributed by atoms with Gasteiger partial charge in [-0.1, -0.05) is 0 Å². The third-order valence-corrected chi connectivity index (χ3v) is 10.1. The minimum Gasteiger partial charge on any atom is -0.511 e. The van der Waals surface area contributed by atoms with E-state index in [9.17, 15) is 14.7 Å². The first kappa shape index (κ1) is 18.5. The van der Waals surface area contributed by atoms with Gasteiger partial charge in [-0.05, 0) is 49.4 Å². The highest BCUT2D eigenvalue weighted by atomic mass is 32.2. The quantitative estimate of drug-likeness (QED) is 0.539. The average molecular weight is 407 g/mol. The van der Waals surface area contributed by atoms with Gasteiger partial charge in [0, 0.05) is 40.6 Å². The third-order valence-electron chi connectivity index (χ3n) is 5.39. The van der Waals surface area contributed by atoms with Gasteiger partial charge in [0.25, 0.3) is 0 Å². The van der Waals surface area contributed by atoms with Crippen molar-refractivity contribution in [2.24, 2.45) is 0 Å². The number of thioether (sulfide) groups is 3. The average Bonchev–Trinajstić information content (AvgIpc) is 3.06. The summed E-state index contributed by atoms with van der Waals surface area (Å²) >= 11 is 5.88. The van der Waals surface area contributed by atoms with Crippen LogP contribution in [-0.2, 0) is 8.87 Å². The van der Waals surface area contributed by atoms with E-state index in [2.05, 4.69) is 6.92 Å². The zero-order chi connectivity index (χ0) is 18.5. The smallest absolute Gasteiger partial charge is 0.200 e. The molecule has 0 amide bonds. The van der Waals surface area contributed by atoms with Gasteiger partial charge in [0.15, 0.2) is 11.6 Å². The maximum atomic E-state index is 13.2. The van der Waals surface area contributed by atoms with Crippen molar-refractivity contribution < 1.29 is 14.7 Å². The molecule has 138 valence electrons. The zero-order valence-corrected chi connectivity index (χ0v) is 17.5. The van der Waals surface area contributed by atoms with Crippen LogP contribution in [0.1, 0.15) is 52.7 Å². The van der Waals surface area contributed by atoms with Crippen molar-refractivity contribution >= 4 is 46.9 Å². The van der Waals surface area contributed by atoms with Crippen LogP contribution in [0.15, 0.2) is 22.3 Å². The number of aliphatic hydroxyl groups excluding tert-OH is 1. The summed E-state index contributed by atoms with van der Waals surface area (Å²) in [4.78, 5) is 26.8. The van der Waals surface area contributed by atoms with E-state index >= 15 is 0 Å². The summed E-state index contributed by atoms with van der Waals surface area (Å²) in [5.74, 6) is 2.82. The maximum Gasteiger partial charge on any atom is 0.200 e. The lowest BCUT2D eigenvalue weighted by atomic mass is 9.86. The summed E-state index contributed by atoms with van der Waals surface area (Å²) in [5, 5.41) is 10.2. The van der Waals surface area contributed by atoms with Gasteiger partial charge in [-0.2, -0.15) is 0 Å². The second-order valence-corrected chi connectivity index (χ2v) is 11.2. The van der Waals surface area contributed by atoms with Crippen LogP contribution >= 0.6 is 35.3 Å².